The summed E-state index contributed by atoms with van der Waals surface area (Å²) in [5.41, 5.74) is 3.66. The molecule has 0 radical (unpaired) electrons. The van der Waals surface area contributed by atoms with Gasteiger partial charge in [0.05, 0.1) is 5.69 Å². The van der Waals surface area contributed by atoms with Crippen LogP contribution in [-0.4, -0.2) is 31.0 Å². The molecule has 2 amide bonds. The van der Waals surface area contributed by atoms with E-state index in [0.717, 1.165) is 23.2 Å². The van der Waals surface area contributed by atoms with Crippen molar-refractivity contribution in [3.63, 3.8) is 0 Å². The molecule has 0 atom stereocenters. The van der Waals surface area contributed by atoms with Gasteiger partial charge in [-0.05, 0) is 60.1 Å². The fraction of sp³-hybridized carbons (Fsp3) is 0.190. The zero-order valence-corrected chi connectivity index (χ0v) is 16.3. The lowest BCUT2D eigenvalue weighted by molar-refractivity contribution is -0.122. The van der Waals surface area contributed by atoms with E-state index in [-0.39, 0.29) is 10.7 Å². The number of hydrogen-bond donors (Lipinski definition) is 1. The first kappa shape index (κ1) is 18.8. The number of anilines is 2. The minimum absolute atomic E-state index is 0.0563. The van der Waals surface area contributed by atoms with Gasteiger partial charge in [0, 0.05) is 19.8 Å². The monoisotopic (exact) mass is 379 g/mol. The van der Waals surface area contributed by atoms with Gasteiger partial charge in [0.2, 0.25) is 0 Å². The van der Waals surface area contributed by atoms with Crippen molar-refractivity contribution in [2.24, 2.45) is 0 Å². The van der Waals surface area contributed by atoms with Crippen molar-refractivity contribution in [3.05, 3.63) is 65.2 Å². The number of amides is 2. The first-order chi connectivity index (χ1) is 12.9. The van der Waals surface area contributed by atoms with Gasteiger partial charge in [0.15, 0.2) is 5.11 Å². The van der Waals surface area contributed by atoms with E-state index in [0.29, 0.717) is 5.69 Å². The van der Waals surface area contributed by atoms with E-state index in [1.165, 1.54) is 4.90 Å². The van der Waals surface area contributed by atoms with Gasteiger partial charge in [-0.15, -0.1) is 0 Å². The van der Waals surface area contributed by atoms with Crippen molar-refractivity contribution in [2.75, 3.05) is 23.9 Å². The summed E-state index contributed by atoms with van der Waals surface area (Å²) in [4.78, 5) is 28.7. The summed E-state index contributed by atoms with van der Waals surface area (Å²) >= 11 is 5.23. The van der Waals surface area contributed by atoms with Crippen LogP contribution in [0.4, 0.5) is 11.4 Å². The Bertz CT molecular complexity index is 915. The molecular formula is C21H21N3O2S. The number of hydrogen-bond acceptors (Lipinski definition) is 4. The van der Waals surface area contributed by atoms with E-state index in [1.807, 2.05) is 67.5 Å². The van der Waals surface area contributed by atoms with E-state index >= 15 is 0 Å². The lowest BCUT2D eigenvalue weighted by atomic mass is 10.1. The second-order valence-corrected chi connectivity index (χ2v) is 6.85. The number of aryl methyl sites for hydroxylation is 1. The van der Waals surface area contributed by atoms with Gasteiger partial charge in [-0.2, -0.15) is 0 Å². The lowest BCUT2D eigenvalue weighted by Crippen LogP contribution is -2.54. The molecule has 2 aromatic carbocycles. The highest BCUT2D eigenvalue weighted by Gasteiger charge is 2.34. The Kier molecular flexibility index (Phi) is 5.37. The molecule has 0 aromatic heterocycles. The van der Waals surface area contributed by atoms with E-state index < -0.39 is 11.8 Å². The predicted molar refractivity (Wildman–Crippen MR) is 113 cm³/mol. The number of rotatable bonds is 4. The fourth-order valence-electron chi connectivity index (χ4n) is 2.81. The average molecular weight is 379 g/mol. The van der Waals surface area contributed by atoms with Crippen LogP contribution in [-0.2, 0) is 16.0 Å². The standard InChI is InChI=1S/C21H21N3O2S/c1-4-14-5-11-17(12-6-14)24-20(26)18(19(25)22-21(24)27)13-15-7-9-16(10-8-15)23(2)3/h5-13H,4H2,1-3H3,(H,22,25,27). The van der Waals surface area contributed by atoms with Crippen LogP contribution in [0, 0.1) is 0 Å². The minimum atomic E-state index is -0.483. The molecule has 0 spiro atoms. The maximum absolute atomic E-state index is 13.0. The number of carbonyl (C=O) groups is 2. The number of carbonyl (C=O) groups excluding carboxylic acids is 2. The van der Waals surface area contributed by atoms with Gasteiger partial charge < -0.3 is 4.90 Å². The highest BCUT2D eigenvalue weighted by molar-refractivity contribution is 7.80. The van der Waals surface area contributed by atoms with Crippen LogP contribution >= 0.6 is 12.2 Å². The smallest absolute Gasteiger partial charge is 0.270 e. The second-order valence-electron chi connectivity index (χ2n) is 6.46. The molecule has 2 aromatic rings. The van der Waals surface area contributed by atoms with Crippen molar-refractivity contribution >= 4 is 46.6 Å². The van der Waals surface area contributed by atoms with Crippen molar-refractivity contribution in [1.29, 1.82) is 0 Å². The molecule has 0 aliphatic carbocycles. The third kappa shape index (κ3) is 3.90. The Balaban J connectivity index is 1.93. The molecule has 0 saturated carbocycles. The molecule has 1 heterocycles. The van der Waals surface area contributed by atoms with Crippen LogP contribution in [0.25, 0.3) is 6.08 Å². The zero-order chi connectivity index (χ0) is 19.6. The normalized spacial score (nSPS) is 15.9. The van der Waals surface area contributed by atoms with Crippen molar-refractivity contribution in [3.8, 4) is 0 Å². The van der Waals surface area contributed by atoms with E-state index in [9.17, 15) is 9.59 Å². The van der Waals surface area contributed by atoms with Gasteiger partial charge in [-0.25, -0.2) is 0 Å². The SMILES string of the molecule is CCc1ccc(N2C(=O)C(=Cc3ccc(N(C)C)cc3)C(=O)NC2=S)cc1. The first-order valence-corrected chi connectivity index (χ1v) is 9.09. The topological polar surface area (TPSA) is 52.7 Å². The van der Waals surface area contributed by atoms with Crippen LogP contribution < -0.4 is 15.1 Å². The molecule has 1 saturated heterocycles. The number of nitrogens with zero attached hydrogens (tertiary/aromatic N) is 2. The summed E-state index contributed by atoms with van der Waals surface area (Å²) in [5, 5.41) is 2.70. The van der Waals surface area contributed by atoms with Gasteiger partial charge in [0.1, 0.15) is 5.57 Å². The molecule has 1 fully saturated rings. The second kappa shape index (κ2) is 7.72. The van der Waals surface area contributed by atoms with E-state index in [2.05, 4.69) is 12.2 Å². The molecule has 138 valence electrons. The Morgan fingerprint density at radius 1 is 1.04 bits per heavy atom. The third-order valence-electron chi connectivity index (χ3n) is 4.42. The Hall–Kier alpha value is -2.99. The highest BCUT2D eigenvalue weighted by atomic mass is 32.1. The molecule has 0 bridgehead atoms. The third-order valence-corrected chi connectivity index (χ3v) is 4.71. The van der Waals surface area contributed by atoms with Crippen LogP contribution in [0.1, 0.15) is 18.1 Å². The van der Waals surface area contributed by atoms with Gasteiger partial charge in [0.25, 0.3) is 11.8 Å². The summed E-state index contributed by atoms with van der Waals surface area (Å²) in [6.07, 6.45) is 2.50. The van der Waals surface area contributed by atoms with Crippen molar-refractivity contribution in [2.45, 2.75) is 13.3 Å². The van der Waals surface area contributed by atoms with E-state index in [4.69, 9.17) is 12.2 Å². The lowest BCUT2D eigenvalue weighted by Gasteiger charge is -2.29. The molecule has 1 aliphatic rings. The number of benzene rings is 2. The summed E-state index contributed by atoms with van der Waals surface area (Å²) in [6.45, 7) is 2.06. The summed E-state index contributed by atoms with van der Waals surface area (Å²) in [5.74, 6) is -0.909. The summed E-state index contributed by atoms with van der Waals surface area (Å²) < 4.78 is 0. The largest absolute Gasteiger partial charge is 0.378 e. The van der Waals surface area contributed by atoms with Crippen molar-refractivity contribution in [1.82, 2.24) is 5.32 Å². The molecule has 1 N–H and O–H groups in total. The molecule has 1 aliphatic heterocycles. The Morgan fingerprint density at radius 2 is 1.67 bits per heavy atom. The molecule has 5 nitrogen and oxygen atoms in total. The summed E-state index contributed by atoms with van der Waals surface area (Å²) in [6, 6.07) is 15.2. The maximum Gasteiger partial charge on any atom is 0.270 e. The zero-order valence-electron chi connectivity index (χ0n) is 15.5. The number of thiocarbonyl (C=S) groups is 1. The van der Waals surface area contributed by atoms with Crippen LogP contribution in [0.3, 0.4) is 0 Å². The predicted octanol–water partition coefficient (Wildman–Crippen LogP) is 3.15. The van der Waals surface area contributed by atoms with Crippen LogP contribution in [0.15, 0.2) is 54.1 Å². The van der Waals surface area contributed by atoms with Crippen LogP contribution in [0.2, 0.25) is 0 Å². The molecule has 6 heteroatoms. The fourth-order valence-corrected chi connectivity index (χ4v) is 3.09. The van der Waals surface area contributed by atoms with Gasteiger partial charge in [-0.3, -0.25) is 19.8 Å². The van der Waals surface area contributed by atoms with E-state index in [1.54, 1.807) is 6.08 Å². The maximum atomic E-state index is 13.0. The molecule has 3 rings (SSSR count). The minimum Gasteiger partial charge on any atom is -0.378 e. The molecule has 27 heavy (non-hydrogen) atoms. The first-order valence-electron chi connectivity index (χ1n) is 8.68. The Labute approximate surface area is 164 Å². The quantitative estimate of drug-likeness (QED) is 0.504. The molecular weight excluding hydrogens is 358 g/mol. The van der Waals surface area contributed by atoms with Crippen molar-refractivity contribution < 1.29 is 9.59 Å². The Morgan fingerprint density at radius 3 is 2.22 bits per heavy atom. The average Bonchev–Trinajstić information content (AvgIpc) is 2.66. The van der Waals surface area contributed by atoms with Gasteiger partial charge >= 0.3 is 0 Å². The summed E-state index contributed by atoms with van der Waals surface area (Å²) in [7, 11) is 3.91. The molecule has 0 unspecified atom stereocenters. The number of nitrogens with one attached hydrogen (secondary N) is 1. The highest BCUT2D eigenvalue weighted by Crippen LogP contribution is 2.23. The van der Waals surface area contributed by atoms with Gasteiger partial charge in [-0.1, -0.05) is 31.2 Å². The van der Waals surface area contributed by atoms with Crippen LogP contribution in [0.5, 0.6) is 0 Å².